The molecule has 0 saturated heterocycles. The molecule has 0 amide bonds. The second-order valence-electron chi connectivity index (χ2n) is 4.22. The van der Waals surface area contributed by atoms with Crippen molar-refractivity contribution >= 4 is 6.34 Å². The van der Waals surface area contributed by atoms with E-state index in [1.54, 1.807) is 7.05 Å². The van der Waals surface area contributed by atoms with Gasteiger partial charge in [0.1, 0.15) is 0 Å². The van der Waals surface area contributed by atoms with Crippen LogP contribution in [0.25, 0.3) is 0 Å². The summed E-state index contributed by atoms with van der Waals surface area (Å²) >= 11 is 0. The average Bonchev–Trinajstić information content (AvgIpc) is 2.59. The standard InChI is InChI=1S/C17H26N2.2C2H6/c1-6-8-13-17(11-7-2)14-10-9-12-16(3)19(5)15-18-4;2*1-2/h6-16H,1-5H3;2*1-2H3/b8-6-,11-7-,12-9-,14-10+,17-13+,18-15?;;. The van der Waals surface area contributed by atoms with Crippen molar-refractivity contribution in [3.8, 4) is 0 Å². The molecule has 0 heterocycles. The van der Waals surface area contributed by atoms with Crippen LogP contribution >= 0.6 is 0 Å². The highest BCUT2D eigenvalue weighted by Gasteiger charge is 1.98. The number of hydrogen-bond donors (Lipinski definition) is 0. The number of likely N-dealkylation sites (N-methyl/N-ethyl adjacent to an activating group) is 1. The molecule has 0 aromatic heterocycles. The monoisotopic (exact) mass is 318 g/mol. The van der Waals surface area contributed by atoms with Gasteiger partial charge in [0.15, 0.2) is 0 Å². The van der Waals surface area contributed by atoms with Crippen LogP contribution in [-0.2, 0) is 0 Å². The quantitative estimate of drug-likeness (QED) is 0.309. The van der Waals surface area contributed by atoms with Gasteiger partial charge in [-0.1, -0.05) is 82.4 Å². The number of hydrogen-bond acceptors (Lipinski definition) is 1. The van der Waals surface area contributed by atoms with Crippen LogP contribution in [0.15, 0.2) is 65.2 Å². The van der Waals surface area contributed by atoms with Crippen molar-refractivity contribution in [2.45, 2.75) is 54.5 Å². The first kappa shape index (κ1) is 26.1. The number of rotatable bonds is 7. The first-order valence-electron chi connectivity index (χ1n) is 8.60. The molecule has 2 heteroatoms. The largest absolute Gasteiger partial charge is 0.360 e. The molecule has 0 rings (SSSR count). The van der Waals surface area contributed by atoms with Crippen LogP contribution in [-0.4, -0.2) is 31.4 Å². The zero-order valence-electron chi connectivity index (χ0n) is 16.7. The van der Waals surface area contributed by atoms with Crippen LogP contribution in [0.5, 0.6) is 0 Å². The molecular weight excluding hydrogens is 280 g/mol. The Morgan fingerprint density at radius 1 is 0.913 bits per heavy atom. The summed E-state index contributed by atoms with van der Waals surface area (Å²) < 4.78 is 0. The molecule has 23 heavy (non-hydrogen) atoms. The lowest BCUT2D eigenvalue weighted by Crippen LogP contribution is -2.25. The molecule has 0 N–H and O–H groups in total. The smallest absolute Gasteiger partial charge is 0.0848 e. The fraction of sp³-hybridized carbons (Fsp3) is 0.476. The Bertz CT molecular complexity index is 396. The van der Waals surface area contributed by atoms with E-state index in [1.165, 1.54) is 5.57 Å². The summed E-state index contributed by atoms with van der Waals surface area (Å²) in [5, 5.41) is 0. The average molecular weight is 319 g/mol. The fourth-order valence-corrected chi connectivity index (χ4v) is 1.38. The Morgan fingerprint density at radius 2 is 1.52 bits per heavy atom. The minimum atomic E-state index is 0.332. The van der Waals surface area contributed by atoms with E-state index in [0.29, 0.717) is 6.04 Å². The molecule has 0 spiro atoms. The summed E-state index contributed by atoms with van der Waals surface area (Å²) in [5.41, 5.74) is 1.18. The number of nitrogens with zero attached hydrogens (tertiary/aromatic N) is 2. The Hall–Kier alpha value is -1.83. The summed E-state index contributed by atoms with van der Waals surface area (Å²) in [5.74, 6) is 0. The Balaban J connectivity index is -0.000000919. The highest BCUT2D eigenvalue weighted by molar-refractivity contribution is 5.55. The van der Waals surface area contributed by atoms with Gasteiger partial charge in [-0.2, -0.15) is 0 Å². The molecule has 2 nitrogen and oxygen atoms in total. The zero-order valence-corrected chi connectivity index (χ0v) is 16.7. The molecule has 0 fully saturated rings. The van der Waals surface area contributed by atoms with Crippen molar-refractivity contribution in [1.29, 1.82) is 0 Å². The third-order valence-electron chi connectivity index (χ3n) is 2.57. The molecule has 1 atom stereocenters. The van der Waals surface area contributed by atoms with Crippen molar-refractivity contribution in [2.24, 2.45) is 4.99 Å². The molecule has 0 aliphatic rings. The molecule has 1 unspecified atom stereocenters. The predicted octanol–water partition coefficient (Wildman–Crippen LogP) is 6.21. The van der Waals surface area contributed by atoms with E-state index in [9.17, 15) is 0 Å². The van der Waals surface area contributed by atoms with E-state index in [4.69, 9.17) is 0 Å². The van der Waals surface area contributed by atoms with Crippen LogP contribution in [0.2, 0.25) is 0 Å². The first-order chi connectivity index (χ1) is 11.2. The first-order valence-corrected chi connectivity index (χ1v) is 8.60. The summed E-state index contributed by atoms with van der Waals surface area (Å²) in [4.78, 5) is 6.06. The lowest BCUT2D eigenvalue weighted by molar-refractivity contribution is 0.465. The maximum absolute atomic E-state index is 3.99. The molecule has 0 radical (unpaired) electrons. The van der Waals surface area contributed by atoms with Gasteiger partial charge >= 0.3 is 0 Å². The van der Waals surface area contributed by atoms with Gasteiger partial charge in [0.25, 0.3) is 0 Å². The molecular formula is C21H38N2. The number of aliphatic imine (C=N–C) groups is 1. The van der Waals surface area contributed by atoms with E-state index in [1.807, 2.05) is 73.2 Å². The van der Waals surface area contributed by atoms with E-state index >= 15 is 0 Å². The van der Waals surface area contributed by atoms with Gasteiger partial charge in [-0.15, -0.1) is 0 Å². The maximum atomic E-state index is 3.99. The normalized spacial score (nSPS) is 13.5. The highest BCUT2D eigenvalue weighted by Crippen LogP contribution is 2.01. The van der Waals surface area contributed by atoms with Crippen molar-refractivity contribution in [3.05, 3.63) is 60.3 Å². The fourth-order valence-electron chi connectivity index (χ4n) is 1.38. The van der Waals surface area contributed by atoms with Crippen LogP contribution in [0.4, 0.5) is 0 Å². The molecule has 0 aliphatic heterocycles. The van der Waals surface area contributed by atoms with Gasteiger partial charge in [0, 0.05) is 20.1 Å². The van der Waals surface area contributed by atoms with Crippen LogP contribution in [0.1, 0.15) is 48.5 Å². The van der Waals surface area contributed by atoms with E-state index in [2.05, 4.69) is 53.3 Å². The summed E-state index contributed by atoms with van der Waals surface area (Å²) in [6.45, 7) is 14.2. The zero-order chi connectivity index (χ0) is 18.5. The lowest BCUT2D eigenvalue weighted by Gasteiger charge is -2.18. The SMILES string of the molecule is CC.CC.C\C=C/C=C(\C=C/C)/C=C/C=C\C(C)N(C)C=NC. The second-order valence-corrected chi connectivity index (χ2v) is 4.22. The van der Waals surface area contributed by atoms with Gasteiger partial charge in [0.2, 0.25) is 0 Å². The molecule has 0 aliphatic carbocycles. The van der Waals surface area contributed by atoms with Crippen LogP contribution in [0.3, 0.4) is 0 Å². The molecule has 132 valence electrons. The van der Waals surface area contributed by atoms with Crippen molar-refractivity contribution < 1.29 is 0 Å². The topological polar surface area (TPSA) is 15.6 Å². The maximum Gasteiger partial charge on any atom is 0.0848 e. The van der Waals surface area contributed by atoms with Gasteiger partial charge in [-0.25, -0.2) is 0 Å². The molecule has 0 aromatic carbocycles. The molecule has 0 aromatic rings. The summed E-state index contributed by atoms with van der Waals surface area (Å²) in [7, 11) is 3.80. The summed E-state index contributed by atoms with van der Waals surface area (Å²) in [6, 6.07) is 0.332. The molecule has 0 saturated carbocycles. The predicted molar refractivity (Wildman–Crippen MR) is 110 cm³/mol. The van der Waals surface area contributed by atoms with Gasteiger partial charge in [0.05, 0.1) is 6.34 Å². The third kappa shape index (κ3) is 18.1. The van der Waals surface area contributed by atoms with Gasteiger partial charge < -0.3 is 4.90 Å². The third-order valence-corrected chi connectivity index (χ3v) is 2.57. The van der Waals surface area contributed by atoms with Crippen molar-refractivity contribution in [2.75, 3.05) is 14.1 Å². The lowest BCUT2D eigenvalue weighted by atomic mass is 10.2. The molecule has 0 bridgehead atoms. The minimum Gasteiger partial charge on any atom is -0.360 e. The Kier molecular flexibility index (Phi) is 25.5. The summed E-state index contributed by atoms with van der Waals surface area (Å²) in [6.07, 6.45) is 20.5. The van der Waals surface area contributed by atoms with Crippen molar-refractivity contribution in [1.82, 2.24) is 4.90 Å². The van der Waals surface area contributed by atoms with Crippen LogP contribution < -0.4 is 0 Å². The minimum absolute atomic E-state index is 0.332. The highest BCUT2D eigenvalue weighted by atomic mass is 15.1. The van der Waals surface area contributed by atoms with Gasteiger partial charge in [-0.05, 0) is 26.3 Å². The van der Waals surface area contributed by atoms with E-state index in [-0.39, 0.29) is 0 Å². The number of allylic oxidation sites excluding steroid dienone is 9. The van der Waals surface area contributed by atoms with E-state index < -0.39 is 0 Å². The van der Waals surface area contributed by atoms with Gasteiger partial charge in [-0.3, -0.25) is 4.99 Å². The second kappa shape index (κ2) is 22.5. The Morgan fingerprint density at radius 3 is 2.00 bits per heavy atom. The van der Waals surface area contributed by atoms with Crippen molar-refractivity contribution in [3.63, 3.8) is 0 Å². The van der Waals surface area contributed by atoms with E-state index in [0.717, 1.165) is 0 Å². The Labute approximate surface area is 145 Å². The van der Waals surface area contributed by atoms with Crippen LogP contribution in [0, 0.1) is 0 Å².